The summed E-state index contributed by atoms with van der Waals surface area (Å²) in [7, 11) is 0. The van der Waals surface area contributed by atoms with Crippen molar-refractivity contribution in [3.05, 3.63) is 51.2 Å². The number of thiazole rings is 1. The minimum atomic E-state index is -0.466. The minimum Gasteiger partial charge on any atom is -0.387 e. The molecule has 0 saturated carbocycles. The summed E-state index contributed by atoms with van der Waals surface area (Å²) in [4.78, 5) is 6.93. The van der Waals surface area contributed by atoms with Crippen molar-refractivity contribution in [1.82, 2.24) is 4.98 Å². The van der Waals surface area contributed by atoms with Crippen LogP contribution >= 0.6 is 22.7 Å². The van der Waals surface area contributed by atoms with Gasteiger partial charge in [0.1, 0.15) is 0 Å². The van der Waals surface area contributed by atoms with E-state index in [0.29, 0.717) is 6.42 Å². The number of para-hydroxylation sites is 1. The number of aliphatic hydroxyl groups excluding tert-OH is 1. The summed E-state index contributed by atoms with van der Waals surface area (Å²) in [5, 5.41) is 11.5. The molecule has 1 aromatic carbocycles. The molecule has 0 aliphatic carbocycles. The third-order valence-electron chi connectivity index (χ3n) is 3.40. The van der Waals surface area contributed by atoms with Crippen LogP contribution in [0.2, 0.25) is 0 Å². The second-order valence-corrected chi connectivity index (χ2v) is 8.48. The third-order valence-corrected chi connectivity index (χ3v) is 6.07. The van der Waals surface area contributed by atoms with Crippen LogP contribution in [0.5, 0.6) is 0 Å². The average molecular weight is 317 g/mol. The van der Waals surface area contributed by atoms with E-state index in [-0.39, 0.29) is 5.41 Å². The van der Waals surface area contributed by atoms with Gasteiger partial charge < -0.3 is 5.11 Å². The van der Waals surface area contributed by atoms with E-state index in [1.807, 2.05) is 24.3 Å². The summed E-state index contributed by atoms with van der Waals surface area (Å²) in [5.41, 5.74) is 1.16. The second kappa shape index (κ2) is 5.52. The maximum Gasteiger partial charge on any atom is 0.0968 e. The number of aliphatic hydroxyl groups is 1. The molecule has 3 aromatic rings. The smallest absolute Gasteiger partial charge is 0.0968 e. The number of hydrogen-bond donors (Lipinski definition) is 1. The monoisotopic (exact) mass is 317 g/mol. The highest BCUT2D eigenvalue weighted by Gasteiger charge is 2.19. The molecule has 21 heavy (non-hydrogen) atoms. The van der Waals surface area contributed by atoms with Crippen LogP contribution in [-0.2, 0) is 11.8 Å². The Balaban J connectivity index is 1.79. The van der Waals surface area contributed by atoms with Gasteiger partial charge in [-0.25, -0.2) is 4.98 Å². The predicted molar refractivity (Wildman–Crippen MR) is 91.3 cm³/mol. The Morgan fingerprint density at radius 3 is 2.52 bits per heavy atom. The Morgan fingerprint density at radius 2 is 1.86 bits per heavy atom. The fourth-order valence-electron chi connectivity index (χ4n) is 2.21. The van der Waals surface area contributed by atoms with Gasteiger partial charge in [-0.15, -0.1) is 22.7 Å². The van der Waals surface area contributed by atoms with Crippen molar-refractivity contribution in [2.45, 2.75) is 38.7 Å². The van der Waals surface area contributed by atoms with E-state index in [0.717, 1.165) is 15.4 Å². The zero-order valence-corrected chi connectivity index (χ0v) is 14.1. The maximum absolute atomic E-state index is 10.5. The standard InChI is InChI=1S/C17H19NOS2/c1-17(2,3)15-9-8-14(20-15)12(19)10-16-18-11-6-4-5-7-13(11)21-16/h4-9,12,19H,10H2,1-3H3. The van der Waals surface area contributed by atoms with Crippen LogP contribution in [0.3, 0.4) is 0 Å². The number of thiophene rings is 1. The van der Waals surface area contributed by atoms with E-state index >= 15 is 0 Å². The topological polar surface area (TPSA) is 33.1 Å². The highest BCUT2D eigenvalue weighted by Crippen LogP contribution is 2.34. The lowest BCUT2D eigenvalue weighted by Gasteiger charge is -2.15. The molecular weight excluding hydrogens is 298 g/mol. The van der Waals surface area contributed by atoms with Crippen LogP contribution in [0.4, 0.5) is 0 Å². The van der Waals surface area contributed by atoms with E-state index in [4.69, 9.17) is 0 Å². The van der Waals surface area contributed by atoms with Crippen molar-refractivity contribution in [2.24, 2.45) is 0 Å². The van der Waals surface area contributed by atoms with E-state index in [1.165, 1.54) is 9.58 Å². The molecule has 110 valence electrons. The van der Waals surface area contributed by atoms with Crippen LogP contribution in [0, 0.1) is 0 Å². The van der Waals surface area contributed by atoms with Gasteiger partial charge in [0.2, 0.25) is 0 Å². The largest absolute Gasteiger partial charge is 0.387 e. The zero-order valence-electron chi connectivity index (χ0n) is 12.5. The quantitative estimate of drug-likeness (QED) is 0.743. The van der Waals surface area contributed by atoms with Crippen LogP contribution in [-0.4, -0.2) is 10.1 Å². The molecule has 2 nitrogen and oxygen atoms in total. The van der Waals surface area contributed by atoms with E-state index < -0.39 is 6.10 Å². The van der Waals surface area contributed by atoms with Gasteiger partial charge in [0.15, 0.2) is 0 Å². The van der Waals surface area contributed by atoms with Crippen LogP contribution in [0.1, 0.15) is 41.6 Å². The number of benzene rings is 1. The Bertz CT molecular complexity index is 718. The predicted octanol–water partition coefficient (Wildman–Crippen LogP) is 4.93. The summed E-state index contributed by atoms with van der Waals surface area (Å²) in [5.74, 6) is 0. The number of fused-ring (bicyclic) bond motifs is 1. The molecule has 0 amide bonds. The van der Waals surface area contributed by atoms with Crippen molar-refractivity contribution in [3.8, 4) is 0 Å². The molecule has 0 spiro atoms. The van der Waals surface area contributed by atoms with E-state index in [9.17, 15) is 5.11 Å². The van der Waals surface area contributed by atoms with E-state index in [1.54, 1.807) is 22.7 Å². The summed E-state index contributed by atoms with van der Waals surface area (Å²) < 4.78 is 1.18. The molecule has 1 atom stereocenters. The summed E-state index contributed by atoms with van der Waals surface area (Å²) in [6.07, 6.45) is 0.121. The normalized spacial score (nSPS) is 13.7. The van der Waals surface area contributed by atoms with Gasteiger partial charge in [-0.05, 0) is 29.7 Å². The highest BCUT2D eigenvalue weighted by atomic mass is 32.1. The Hall–Kier alpha value is -1.23. The summed E-state index contributed by atoms with van der Waals surface area (Å²) >= 11 is 3.37. The number of hydrogen-bond acceptors (Lipinski definition) is 4. The SMILES string of the molecule is CC(C)(C)c1ccc(C(O)Cc2nc3ccccc3s2)s1. The van der Waals surface area contributed by atoms with Gasteiger partial charge in [0.05, 0.1) is 21.3 Å². The number of aromatic nitrogens is 1. The van der Waals surface area contributed by atoms with Gasteiger partial charge in [-0.3, -0.25) is 0 Å². The summed E-state index contributed by atoms with van der Waals surface area (Å²) in [6, 6.07) is 12.3. The van der Waals surface area contributed by atoms with Gasteiger partial charge in [-0.1, -0.05) is 32.9 Å². The molecule has 3 rings (SSSR count). The molecule has 1 unspecified atom stereocenters. The van der Waals surface area contributed by atoms with Gasteiger partial charge >= 0.3 is 0 Å². The van der Waals surface area contributed by atoms with Crippen molar-refractivity contribution in [2.75, 3.05) is 0 Å². The Kier molecular flexibility index (Phi) is 3.86. The fourth-order valence-corrected chi connectivity index (χ4v) is 4.26. The second-order valence-electron chi connectivity index (χ2n) is 6.25. The first kappa shape index (κ1) is 14.7. The minimum absolute atomic E-state index is 0.137. The molecule has 4 heteroatoms. The van der Waals surface area contributed by atoms with Crippen LogP contribution < -0.4 is 0 Å². The lowest BCUT2D eigenvalue weighted by atomic mass is 9.95. The molecule has 0 bridgehead atoms. The molecular formula is C17H19NOS2. The fraction of sp³-hybridized carbons (Fsp3) is 0.353. The summed E-state index contributed by atoms with van der Waals surface area (Å²) in [6.45, 7) is 6.59. The van der Waals surface area contributed by atoms with Crippen molar-refractivity contribution in [1.29, 1.82) is 0 Å². The zero-order chi connectivity index (χ0) is 15.0. The number of rotatable bonds is 3. The first-order valence-electron chi connectivity index (χ1n) is 7.06. The van der Waals surface area contributed by atoms with E-state index in [2.05, 4.69) is 37.9 Å². The maximum atomic E-state index is 10.5. The Morgan fingerprint density at radius 1 is 1.10 bits per heavy atom. The highest BCUT2D eigenvalue weighted by molar-refractivity contribution is 7.18. The first-order valence-corrected chi connectivity index (χ1v) is 8.69. The molecule has 0 fully saturated rings. The van der Waals surface area contributed by atoms with Gasteiger partial charge in [-0.2, -0.15) is 0 Å². The molecule has 0 saturated heterocycles. The van der Waals surface area contributed by atoms with Gasteiger partial charge in [0, 0.05) is 16.2 Å². The van der Waals surface area contributed by atoms with Crippen molar-refractivity contribution < 1.29 is 5.11 Å². The van der Waals surface area contributed by atoms with Crippen LogP contribution in [0.25, 0.3) is 10.2 Å². The Labute approximate surface area is 133 Å². The molecule has 0 aliphatic heterocycles. The lowest BCUT2D eigenvalue weighted by molar-refractivity contribution is 0.182. The number of nitrogens with zero attached hydrogens (tertiary/aromatic N) is 1. The average Bonchev–Trinajstić information content (AvgIpc) is 3.04. The molecule has 2 heterocycles. The molecule has 0 radical (unpaired) electrons. The first-order chi connectivity index (χ1) is 9.93. The molecule has 1 N–H and O–H groups in total. The van der Waals surface area contributed by atoms with Crippen molar-refractivity contribution in [3.63, 3.8) is 0 Å². The third kappa shape index (κ3) is 3.18. The lowest BCUT2D eigenvalue weighted by Crippen LogP contribution is -2.07. The molecule has 0 aliphatic rings. The van der Waals surface area contributed by atoms with Crippen LogP contribution in [0.15, 0.2) is 36.4 Å². The van der Waals surface area contributed by atoms with Crippen molar-refractivity contribution >= 4 is 32.9 Å². The van der Waals surface area contributed by atoms with Gasteiger partial charge in [0.25, 0.3) is 0 Å². The molecule has 2 aromatic heterocycles.